The lowest BCUT2D eigenvalue weighted by molar-refractivity contribution is -0.964. The van der Waals surface area contributed by atoms with E-state index in [-0.39, 0.29) is 11.2 Å². The molecule has 1 aliphatic rings. The van der Waals surface area contributed by atoms with Crippen molar-refractivity contribution < 1.29 is 14.4 Å². The van der Waals surface area contributed by atoms with Crippen LogP contribution in [0.4, 0.5) is 0 Å². The summed E-state index contributed by atoms with van der Waals surface area (Å²) in [7, 11) is 0. The number of fused-ring (bicyclic) bond motifs is 2. The van der Waals surface area contributed by atoms with Crippen molar-refractivity contribution in [2.24, 2.45) is 0 Å². The topological polar surface area (TPSA) is 67.8 Å². The molecule has 2 aromatic carbocycles. The van der Waals surface area contributed by atoms with Crippen LogP contribution in [0, 0.1) is 0 Å². The van der Waals surface area contributed by atoms with Gasteiger partial charge in [-0.05, 0) is 63.3 Å². The number of likely N-dealkylation sites (tertiary alicyclic amines) is 1. The van der Waals surface area contributed by atoms with Gasteiger partial charge >= 0.3 is 0 Å². The minimum atomic E-state index is -0.0870. The summed E-state index contributed by atoms with van der Waals surface area (Å²) in [6.45, 7) is 7.20. The van der Waals surface area contributed by atoms with Gasteiger partial charge in [0.1, 0.15) is 29.1 Å². The van der Waals surface area contributed by atoms with Crippen molar-refractivity contribution in [2.45, 2.75) is 65.1 Å². The Morgan fingerprint density at radius 1 is 1.22 bits per heavy atom. The van der Waals surface area contributed by atoms with Gasteiger partial charge in [0.15, 0.2) is 0 Å². The number of rotatable bonds is 4. The van der Waals surface area contributed by atoms with Crippen molar-refractivity contribution in [1.29, 1.82) is 0 Å². The molecule has 0 radical (unpaired) electrons. The predicted molar refractivity (Wildman–Crippen MR) is 130 cm³/mol. The average molecular weight is 450 g/mol. The Morgan fingerprint density at radius 2 is 1.97 bits per heavy atom. The van der Waals surface area contributed by atoms with E-state index in [4.69, 9.17) is 4.42 Å². The van der Waals surface area contributed by atoms with Gasteiger partial charge in [0, 0.05) is 0 Å². The summed E-state index contributed by atoms with van der Waals surface area (Å²) < 4.78 is 7.13. The van der Waals surface area contributed by atoms with E-state index in [1.165, 1.54) is 41.8 Å². The fourth-order valence-electron chi connectivity index (χ4n) is 5.10. The summed E-state index contributed by atoms with van der Waals surface area (Å²) in [5, 5.41) is 12.3. The molecule has 4 aromatic rings. The molecule has 0 amide bonds. The Kier molecular flexibility index (Phi) is 5.51. The van der Waals surface area contributed by atoms with E-state index < -0.39 is 0 Å². The molecular weight excluding hydrogens is 420 g/mol. The van der Waals surface area contributed by atoms with E-state index in [9.17, 15) is 9.90 Å². The van der Waals surface area contributed by atoms with Gasteiger partial charge in [-0.2, -0.15) is 0 Å². The standard InChI is InChI=1S/C26H28N2O3S/c1-4-17-12-18-24(30)20(26-27-21-10-5-6-11-22(21)32-26)14-31-25(18)19(23(17)29)13-28-15(2)8-7-9-16(28)3/h5-6,10-12,14-16,29H,4,7-9,13H2,1-3H3/p+1/t15-,16-/m1/s1. The zero-order valence-corrected chi connectivity index (χ0v) is 19.6. The van der Waals surface area contributed by atoms with Crippen LogP contribution in [0.15, 0.2) is 45.8 Å². The van der Waals surface area contributed by atoms with Crippen molar-refractivity contribution in [3.8, 4) is 16.3 Å². The zero-order valence-electron chi connectivity index (χ0n) is 18.8. The number of hydrogen-bond donors (Lipinski definition) is 2. The van der Waals surface area contributed by atoms with Crippen LogP contribution in [0.1, 0.15) is 51.2 Å². The molecule has 5 nitrogen and oxygen atoms in total. The number of quaternary nitrogens is 1. The summed E-state index contributed by atoms with van der Waals surface area (Å²) in [4.78, 5) is 19.7. The second-order valence-corrected chi connectivity index (χ2v) is 10.1. The van der Waals surface area contributed by atoms with Crippen molar-refractivity contribution in [3.63, 3.8) is 0 Å². The molecule has 1 saturated heterocycles. The van der Waals surface area contributed by atoms with Crippen LogP contribution in [0.5, 0.6) is 5.75 Å². The molecule has 1 fully saturated rings. The van der Waals surface area contributed by atoms with Crippen molar-refractivity contribution in [1.82, 2.24) is 4.98 Å². The van der Waals surface area contributed by atoms with E-state index in [2.05, 4.69) is 18.8 Å². The highest BCUT2D eigenvalue weighted by Gasteiger charge is 2.31. The van der Waals surface area contributed by atoms with E-state index >= 15 is 0 Å². The van der Waals surface area contributed by atoms with Crippen LogP contribution in [0.3, 0.4) is 0 Å². The smallest absolute Gasteiger partial charge is 0.202 e. The SMILES string of the molecule is CCc1cc2c(=O)c(-c3nc4ccccc4s3)coc2c(C[NH+]2[C@H](C)CCC[C@H]2C)c1O. The molecule has 0 aliphatic carbocycles. The molecule has 2 N–H and O–H groups in total. The molecule has 0 bridgehead atoms. The number of nitrogens with one attached hydrogen (secondary N) is 1. The van der Waals surface area contributed by atoms with E-state index in [0.717, 1.165) is 21.3 Å². The molecule has 2 aromatic heterocycles. The number of aryl methyl sites for hydroxylation is 1. The molecule has 5 rings (SSSR count). The molecule has 6 heteroatoms. The highest BCUT2D eigenvalue weighted by Crippen LogP contribution is 2.34. The highest BCUT2D eigenvalue weighted by atomic mass is 32.1. The first kappa shape index (κ1) is 21.2. The van der Waals surface area contributed by atoms with E-state index in [0.29, 0.717) is 46.6 Å². The number of aromatic hydroxyl groups is 1. The normalized spacial score (nSPS) is 19.7. The molecule has 166 valence electrons. The number of hydrogen-bond acceptors (Lipinski definition) is 5. The van der Waals surface area contributed by atoms with Crippen molar-refractivity contribution in [2.75, 3.05) is 0 Å². The third-order valence-electron chi connectivity index (χ3n) is 7.04. The molecule has 0 spiro atoms. The van der Waals surface area contributed by atoms with Gasteiger partial charge in [0.05, 0.1) is 38.8 Å². The third kappa shape index (κ3) is 3.51. The Morgan fingerprint density at radius 3 is 2.69 bits per heavy atom. The fraction of sp³-hybridized carbons (Fsp3) is 0.385. The van der Waals surface area contributed by atoms with Crippen molar-refractivity contribution >= 4 is 32.5 Å². The van der Waals surface area contributed by atoms with Crippen LogP contribution < -0.4 is 10.3 Å². The van der Waals surface area contributed by atoms with Gasteiger partial charge in [0.2, 0.25) is 5.43 Å². The maximum Gasteiger partial charge on any atom is 0.202 e. The lowest BCUT2D eigenvalue weighted by Crippen LogP contribution is -3.18. The fourth-order valence-corrected chi connectivity index (χ4v) is 6.07. The Labute approximate surface area is 191 Å². The molecule has 3 heterocycles. The molecule has 0 unspecified atom stereocenters. The average Bonchev–Trinajstić information content (AvgIpc) is 3.21. The van der Waals surface area contributed by atoms with Gasteiger partial charge in [-0.25, -0.2) is 4.98 Å². The number of para-hydroxylation sites is 1. The Balaban J connectivity index is 1.67. The summed E-state index contributed by atoms with van der Waals surface area (Å²) in [5.41, 5.74) is 3.32. The van der Waals surface area contributed by atoms with Crippen LogP contribution in [-0.2, 0) is 13.0 Å². The number of phenols is 1. The first-order chi connectivity index (χ1) is 15.5. The van der Waals surface area contributed by atoms with Crippen LogP contribution in [0.2, 0.25) is 0 Å². The number of nitrogens with zero attached hydrogens (tertiary/aromatic N) is 1. The second kappa shape index (κ2) is 8.34. The number of phenolic OH excluding ortho intramolecular Hbond substituents is 1. The van der Waals surface area contributed by atoms with Crippen LogP contribution in [0.25, 0.3) is 31.8 Å². The maximum atomic E-state index is 13.6. The van der Waals surface area contributed by atoms with Gasteiger partial charge < -0.3 is 14.4 Å². The largest absolute Gasteiger partial charge is 0.507 e. The van der Waals surface area contributed by atoms with Gasteiger partial charge in [0.25, 0.3) is 0 Å². The first-order valence-electron chi connectivity index (χ1n) is 11.5. The summed E-state index contributed by atoms with van der Waals surface area (Å²) >= 11 is 1.49. The summed E-state index contributed by atoms with van der Waals surface area (Å²) in [6.07, 6.45) is 5.78. The molecule has 2 atom stereocenters. The van der Waals surface area contributed by atoms with Crippen LogP contribution in [-0.4, -0.2) is 22.2 Å². The van der Waals surface area contributed by atoms with Gasteiger partial charge in [-0.1, -0.05) is 19.1 Å². The van der Waals surface area contributed by atoms with E-state index in [1.807, 2.05) is 31.2 Å². The van der Waals surface area contributed by atoms with E-state index in [1.54, 1.807) is 6.07 Å². The number of benzene rings is 2. The first-order valence-corrected chi connectivity index (χ1v) is 12.3. The molecule has 0 saturated carbocycles. The molecule has 32 heavy (non-hydrogen) atoms. The number of aromatic nitrogens is 1. The van der Waals surface area contributed by atoms with Crippen molar-refractivity contribution in [3.05, 3.63) is 57.9 Å². The van der Waals surface area contributed by atoms with Gasteiger partial charge in [-0.3, -0.25) is 4.79 Å². The second-order valence-electron chi connectivity index (χ2n) is 9.04. The molecule has 1 aliphatic heterocycles. The lowest BCUT2D eigenvalue weighted by atomic mass is 9.95. The number of piperidine rings is 1. The zero-order chi connectivity index (χ0) is 22.4. The van der Waals surface area contributed by atoms with Gasteiger partial charge in [-0.15, -0.1) is 11.3 Å². The monoisotopic (exact) mass is 449 g/mol. The molecular formula is C26H29N2O3S+. The Bertz CT molecular complexity index is 1310. The quantitative estimate of drug-likeness (QED) is 0.475. The highest BCUT2D eigenvalue weighted by molar-refractivity contribution is 7.21. The minimum absolute atomic E-state index is 0.0870. The third-order valence-corrected chi connectivity index (χ3v) is 8.11. The summed E-state index contributed by atoms with van der Waals surface area (Å²) in [5.74, 6) is 0.272. The summed E-state index contributed by atoms with van der Waals surface area (Å²) in [6, 6.07) is 10.7. The lowest BCUT2D eigenvalue weighted by Gasteiger charge is -2.36. The number of thiazole rings is 1. The Hall–Kier alpha value is -2.70. The maximum absolute atomic E-state index is 13.6. The van der Waals surface area contributed by atoms with Crippen LogP contribution >= 0.6 is 11.3 Å². The predicted octanol–water partition coefficient (Wildman–Crippen LogP) is 4.68. The minimum Gasteiger partial charge on any atom is -0.507 e.